The first-order valence-electron chi connectivity index (χ1n) is 10.0. The molecular formula is C24H21ClN2O3S2. The Bertz CT molecular complexity index is 1370. The number of allylic oxidation sites excluding steroid dienone is 1. The van der Waals surface area contributed by atoms with Crippen LogP contribution >= 0.6 is 34.7 Å². The third-order valence-electron chi connectivity index (χ3n) is 5.12. The first kappa shape index (κ1) is 22.6. The maximum atomic E-state index is 13.5. The van der Waals surface area contributed by atoms with E-state index in [0.29, 0.717) is 25.6 Å². The highest BCUT2D eigenvalue weighted by atomic mass is 35.5. The normalized spacial score (nSPS) is 16.0. The molecule has 1 aromatic heterocycles. The van der Waals surface area contributed by atoms with Gasteiger partial charge in [0.25, 0.3) is 5.56 Å². The lowest BCUT2D eigenvalue weighted by molar-refractivity contribution is -0.139. The monoisotopic (exact) mass is 484 g/mol. The smallest absolute Gasteiger partial charge is 0.338 e. The van der Waals surface area contributed by atoms with Crippen molar-refractivity contribution >= 4 is 46.7 Å². The number of carbonyl (C=O) groups excluding carboxylic acids is 1. The lowest BCUT2D eigenvalue weighted by Gasteiger charge is -2.24. The molecule has 2 aromatic carbocycles. The highest BCUT2D eigenvalue weighted by molar-refractivity contribution is 7.98. The van der Waals surface area contributed by atoms with Crippen LogP contribution < -0.4 is 14.9 Å². The minimum absolute atomic E-state index is 0.197. The van der Waals surface area contributed by atoms with Crippen LogP contribution in [0.4, 0.5) is 0 Å². The second-order valence-electron chi connectivity index (χ2n) is 7.13. The number of aromatic nitrogens is 1. The number of thioether (sulfide) groups is 1. The van der Waals surface area contributed by atoms with E-state index in [0.717, 1.165) is 16.0 Å². The van der Waals surface area contributed by atoms with Gasteiger partial charge in [-0.1, -0.05) is 47.2 Å². The Hall–Kier alpha value is -2.61. The Balaban J connectivity index is 1.92. The molecule has 1 aliphatic rings. The number of hydrogen-bond donors (Lipinski definition) is 0. The lowest BCUT2D eigenvalue weighted by atomic mass is 9.96. The molecule has 0 saturated carbocycles. The summed E-state index contributed by atoms with van der Waals surface area (Å²) >= 11 is 9.05. The summed E-state index contributed by atoms with van der Waals surface area (Å²) in [6.45, 7) is 3.76. The Labute approximate surface area is 198 Å². The molecule has 0 N–H and O–H groups in total. The van der Waals surface area contributed by atoms with Crippen LogP contribution in [-0.4, -0.2) is 23.4 Å². The molecule has 0 unspecified atom stereocenters. The predicted molar refractivity (Wildman–Crippen MR) is 130 cm³/mol. The van der Waals surface area contributed by atoms with Gasteiger partial charge in [0.15, 0.2) is 4.80 Å². The van der Waals surface area contributed by atoms with Crippen molar-refractivity contribution in [2.45, 2.75) is 24.8 Å². The summed E-state index contributed by atoms with van der Waals surface area (Å²) in [5.41, 5.74) is 2.40. The molecule has 0 radical (unpaired) electrons. The van der Waals surface area contributed by atoms with Crippen LogP contribution in [-0.2, 0) is 9.53 Å². The second kappa shape index (κ2) is 9.48. The second-order valence-corrected chi connectivity index (χ2v) is 9.45. The molecule has 2 heterocycles. The molecule has 0 bridgehead atoms. The fraction of sp³-hybridized carbons (Fsp3) is 0.208. The molecule has 0 spiro atoms. The molecule has 0 aliphatic carbocycles. The number of fused-ring (bicyclic) bond motifs is 1. The van der Waals surface area contributed by atoms with Gasteiger partial charge in [-0.15, -0.1) is 11.8 Å². The number of rotatable bonds is 5. The zero-order chi connectivity index (χ0) is 22.8. The van der Waals surface area contributed by atoms with Gasteiger partial charge in [-0.2, -0.15) is 0 Å². The zero-order valence-corrected chi connectivity index (χ0v) is 20.2. The Morgan fingerprint density at radius 3 is 2.53 bits per heavy atom. The molecule has 164 valence electrons. The van der Waals surface area contributed by atoms with Crippen molar-refractivity contribution < 1.29 is 9.53 Å². The number of nitrogens with zero attached hydrogens (tertiary/aromatic N) is 2. The molecule has 4 rings (SSSR count). The lowest BCUT2D eigenvalue weighted by Crippen LogP contribution is -2.39. The number of hydrogen-bond acceptors (Lipinski definition) is 6. The number of thiazole rings is 1. The van der Waals surface area contributed by atoms with Crippen LogP contribution in [0.25, 0.3) is 6.08 Å². The van der Waals surface area contributed by atoms with Crippen molar-refractivity contribution in [3.63, 3.8) is 0 Å². The molecular weight excluding hydrogens is 464 g/mol. The minimum Gasteiger partial charge on any atom is -0.463 e. The summed E-state index contributed by atoms with van der Waals surface area (Å²) in [5, 5.41) is 0.577. The van der Waals surface area contributed by atoms with E-state index in [-0.39, 0.29) is 12.2 Å². The van der Waals surface area contributed by atoms with Crippen LogP contribution in [0.3, 0.4) is 0 Å². The van der Waals surface area contributed by atoms with E-state index in [1.807, 2.05) is 48.7 Å². The third-order valence-corrected chi connectivity index (χ3v) is 7.09. The molecule has 0 fully saturated rings. The molecule has 1 aliphatic heterocycles. The van der Waals surface area contributed by atoms with Crippen molar-refractivity contribution in [2.75, 3.05) is 12.9 Å². The number of ether oxygens (including phenoxy) is 1. The van der Waals surface area contributed by atoms with E-state index in [4.69, 9.17) is 16.3 Å². The van der Waals surface area contributed by atoms with E-state index in [1.54, 1.807) is 42.3 Å². The molecule has 5 nitrogen and oxygen atoms in total. The average Bonchev–Trinajstić information content (AvgIpc) is 3.08. The minimum atomic E-state index is -0.636. The molecule has 3 aromatic rings. The quantitative estimate of drug-likeness (QED) is 0.403. The van der Waals surface area contributed by atoms with Gasteiger partial charge in [0, 0.05) is 9.92 Å². The van der Waals surface area contributed by atoms with Crippen molar-refractivity contribution in [1.82, 2.24) is 4.57 Å². The van der Waals surface area contributed by atoms with Gasteiger partial charge in [-0.25, -0.2) is 9.79 Å². The summed E-state index contributed by atoms with van der Waals surface area (Å²) in [5.74, 6) is -0.476. The van der Waals surface area contributed by atoms with Gasteiger partial charge < -0.3 is 4.74 Å². The zero-order valence-electron chi connectivity index (χ0n) is 17.8. The van der Waals surface area contributed by atoms with Crippen LogP contribution in [0.5, 0.6) is 0 Å². The third kappa shape index (κ3) is 4.33. The van der Waals surface area contributed by atoms with Crippen molar-refractivity contribution in [1.29, 1.82) is 0 Å². The largest absolute Gasteiger partial charge is 0.463 e. The van der Waals surface area contributed by atoms with Crippen molar-refractivity contribution in [2.24, 2.45) is 4.99 Å². The molecule has 32 heavy (non-hydrogen) atoms. The van der Waals surface area contributed by atoms with Crippen LogP contribution in [0.15, 0.2) is 74.5 Å². The van der Waals surface area contributed by atoms with Crippen LogP contribution in [0, 0.1) is 0 Å². The summed E-state index contributed by atoms with van der Waals surface area (Å²) < 4.78 is 7.43. The maximum absolute atomic E-state index is 13.5. The number of esters is 1. The highest BCUT2D eigenvalue weighted by Crippen LogP contribution is 2.31. The molecule has 0 saturated heterocycles. The topological polar surface area (TPSA) is 60.7 Å². The first-order valence-corrected chi connectivity index (χ1v) is 12.4. The van der Waals surface area contributed by atoms with Crippen LogP contribution in [0.1, 0.15) is 31.0 Å². The number of carbonyl (C=O) groups is 1. The summed E-state index contributed by atoms with van der Waals surface area (Å²) in [4.78, 5) is 32.6. The number of halogens is 1. The predicted octanol–water partition coefficient (Wildman–Crippen LogP) is 4.17. The first-order chi connectivity index (χ1) is 15.4. The van der Waals surface area contributed by atoms with Gasteiger partial charge in [0.2, 0.25) is 0 Å². The molecule has 0 amide bonds. The maximum Gasteiger partial charge on any atom is 0.338 e. The standard InChI is InChI=1S/C24H21ClN2O3S2/c1-4-30-23(29)20-14(2)26-24-27(21(20)16-7-9-17(25)10-8-16)22(28)19(32-24)13-15-5-11-18(31-3)12-6-15/h5-13,21H,4H2,1-3H3/b19-13+/t21-/m1/s1. The van der Waals surface area contributed by atoms with Crippen molar-refractivity contribution in [3.05, 3.63) is 95.6 Å². The van der Waals surface area contributed by atoms with E-state index in [1.165, 1.54) is 11.3 Å². The summed E-state index contributed by atoms with van der Waals surface area (Å²) in [7, 11) is 0. The van der Waals surface area contributed by atoms with Crippen molar-refractivity contribution in [3.8, 4) is 0 Å². The van der Waals surface area contributed by atoms with E-state index < -0.39 is 12.0 Å². The van der Waals surface area contributed by atoms with Gasteiger partial charge in [0.1, 0.15) is 0 Å². The van der Waals surface area contributed by atoms with Gasteiger partial charge in [-0.05, 0) is 61.6 Å². The van der Waals surface area contributed by atoms with Gasteiger partial charge in [-0.3, -0.25) is 9.36 Å². The van der Waals surface area contributed by atoms with Crippen LogP contribution in [0.2, 0.25) is 5.02 Å². The Morgan fingerprint density at radius 1 is 1.22 bits per heavy atom. The van der Waals surface area contributed by atoms with Gasteiger partial charge in [0.05, 0.1) is 28.5 Å². The molecule has 8 heteroatoms. The average molecular weight is 485 g/mol. The summed E-state index contributed by atoms with van der Waals surface area (Å²) in [6, 6.07) is 14.5. The number of benzene rings is 2. The fourth-order valence-electron chi connectivity index (χ4n) is 3.60. The fourth-order valence-corrected chi connectivity index (χ4v) is 5.18. The Morgan fingerprint density at radius 2 is 1.91 bits per heavy atom. The Kier molecular flexibility index (Phi) is 6.69. The van der Waals surface area contributed by atoms with Gasteiger partial charge >= 0.3 is 5.97 Å². The van der Waals surface area contributed by atoms with E-state index in [9.17, 15) is 9.59 Å². The van der Waals surface area contributed by atoms with E-state index in [2.05, 4.69) is 4.99 Å². The molecule has 1 atom stereocenters. The summed E-state index contributed by atoms with van der Waals surface area (Å²) in [6.07, 6.45) is 3.88. The highest BCUT2D eigenvalue weighted by Gasteiger charge is 2.33. The SMILES string of the molecule is CCOC(=O)C1=C(C)N=c2s/c(=C/c3ccc(SC)cc3)c(=O)n2[C@@H]1c1ccc(Cl)cc1. The van der Waals surface area contributed by atoms with E-state index >= 15 is 0 Å².